The monoisotopic (exact) mass is 290 g/mol. The van der Waals surface area contributed by atoms with Crippen LogP contribution in [0.25, 0.3) is 11.0 Å². The Labute approximate surface area is 123 Å². The molecule has 0 radical (unpaired) electrons. The van der Waals surface area contributed by atoms with Gasteiger partial charge in [0.1, 0.15) is 0 Å². The molecule has 0 bridgehead atoms. The summed E-state index contributed by atoms with van der Waals surface area (Å²) in [4.78, 5) is 28.6. The van der Waals surface area contributed by atoms with Crippen LogP contribution in [0.4, 0.5) is 0 Å². The Morgan fingerprint density at radius 3 is 2.76 bits per heavy atom. The zero-order chi connectivity index (χ0) is 15.4. The van der Waals surface area contributed by atoms with Crippen LogP contribution in [0.3, 0.4) is 0 Å². The average molecular weight is 290 g/mol. The SMILES string of the molecule is CCCC[C@H](N)C(=O)NC(C)c1ccc2[nH]c(=O)[nH]c2c1. The molecule has 2 rings (SSSR count). The van der Waals surface area contributed by atoms with E-state index in [0.29, 0.717) is 6.42 Å². The lowest BCUT2D eigenvalue weighted by Gasteiger charge is -2.18. The molecule has 0 aliphatic heterocycles. The van der Waals surface area contributed by atoms with E-state index in [4.69, 9.17) is 5.73 Å². The number of aromatic amines is 2. The summed E-state index contributed by atoms with van der Waals surface area (Å²) in [6.45, 7) is 3.97. The second kappa shape index (κ2) is 6.58. The van der Waals surface area contributed by atoms with Crippen LogP contribution in [-0.4, -0.2) is 21.9 Å². The smallest absolute Gasteiger partial charge is 0.323 e. The van der Waals surface area contributed by atoms with E-state index in [0.717, 1.165) is 29.4 Å². The first kappa shape index (κ1) is 15.3. The Morgan fingerprint density at radius 1 is 1.33 bits per heavy atom. The normalized spacial score (nSPS) is 14.0. The maximum atomic E-state index is 12.0. The van der Waals surface area contributed by atoms with Gasteiger partial charge in [0.05, 0.1) is 23.1 Å². The number of rotatable bonds is 6. The van der Waals surface area contributed by atoms with Crippen LogP contribution < -0.4 is 16.7 Å². The number of nitrogens with one attached hydrogen (secondary N) is 3. The second-order valence-electron chi connectivity index (χ2n) is 5.36. The zero-order valence-electron chi connectivity index (χ0n) is 12.4. The lowest BCUT2D eigenvalue weighted by molar-refractivity contribution is -0.123. The summed E-state index contributed by atoms with van der Waals surface area (Å²) in [6.07, 6.45) is 2.66. The zero-order valence-corrected chi connectivity index (χ0v) is 12.4. The number of amides is 1. The number of carbonyl (C=O) groups excluding carboxylic acids is 1. The highest BCUT2D eigenvalue weighted by atomic mass is 16.2. The Morgan fingerprint density at radius 2 is 2.05 bits per heavy atom. The van der Waals surface area contributed by atoms with Crippen LogP contribution in [0.1, 0.15) is 44.7 Å². The Bertz CT molecular complexity index is 674. The van der Waals surface area contributed by atoms with Crippen LogP contribution in [0.2, 0.25) is 0 Å². The highest BCUT2D eigenvalue weighted by Crippen LogP contribution is 2.17. The average Bonchev–Trinajstić information content (AvgIpc) is 2.83. The van der Waals surface area contributed by atoms with Crippen molar-refractivity contribution in [1.29, 1.82) is 0 Å². The summed E-state index contributed by atoms with van der Waals surface area (Å²) in [5.74, 6) is -0.140. The van der Waals surface area contributed by atoms with Crippen molar-refractivity contribution in [1.82, 2.24) is 15.3 Å². The van der Waals surface area contributed by atoms with Gasteiger partial charge in [0.25, 0.3) is 0 Å². The van der Waals surface area contributed by atoms with Crippen molar-refractivity contribution >= 4 is 16.9 Å². The minimum Gasteiger partial charge on any atom is -0.348 e. The molecule has 2 atom stereocenters. The van der Waals surface area contributed by atoms with Crippen molar-refractivity contribution in [2.75, 3.05) is 0 Å². The lowest BCUT2D eigenvalue weighted by atomic mass is 10.1. The maximum Gasteiger partial charge on any atom is 0.323 e. The summed E-state index contributed by atoms with van der Waals surface area (Å²) >= 11 is 0. The number of benzene rings is 1. The van der Waals surface area contributed by atoms with Gasteiger partial charge in [-0.1, -0.05) is 25.8 Å². The summed E-state index contributed by atoms with van der Waals surface area (Å²) in [6, 6.07) is 4.93. The molecule has 0 fully saturated rings. The lowest BCUT2D eigenvalue weighted by Crippen LogP contribution is -2.41. The molecular formula is C15H22N4O2. The van der Waals surface area contributed by atoms with Gasteiger partial charge in [-0.15, -0.1) is 0 Å². The first-order valence-corrected chi connectivity index (χ1v) is 7.29. The molecule has 0 spiro atoms. The number of unbranched alkanes of at least 4 members (excludes halogenated alkanes) is 1. The summed E-state index contributed by atoms with van der Waals surface area (Å²) < 4.78 is 0. The van der Waals surface area contributed by atoms with Gasteiger partial charge in [-0.2, -0.15) is 0 Å². The number of imidazole rings is 1. The molecule has 0 aliphatic carbocycles. The molecule has 6 nitrogen and oxygen atoms in total. The Kier molecular flexibility index (Phi) is 4.80. The van der Waals surface area contributed by atoms with Crippen LogP contribution in [0, 0.1) is 0 Å². The number of fused-ring (bicyclic) bond motifs is 1. The summed E-state index contributed by atoms with van der Waals surface area (Å²) in [7, 11) is 0. The predicted octanol–water partition coefficient (Wildman–Crippen LogP) is 1.55. The minimum atomic E-state index is -0.469. The van der Waals surface area contributed by atoms with Crippen LogP contribution in [-0.2, 0) is 4.79 Å². The van der Waals surface area contributed by atoms with E-state index in [1.807, 2.05) is 25.1 Å². The molecular weight excluding hydrogens is 268 g/mol. The largest absolute Gasteiger partial charge is 0.348 e. The van der Waals surface area contributed by atoms with E-state index >= 15 is 0 Å². The quantitative estimate of drug-likeness (QED) is 0.649. The van der Waals surface area contributed by atoms with Gasteiger partial charge in [0.2, 0.25) is 5.91 Å². The third kappa shape index (κ3) is 3.72. The Balaban J connectivity index is 2.05. The molecule has 2 aromatic rings. The molecule has 0 aliphatic rings. The van der Waals surface area contributed by atoms with E-state index < -0.39 is 6.04 Å². The third-order valence-corrected chi connectivity index (χ3v) is 3.60. The van der Waals surface area contributed by atoms with E-state index in [9.17, 15) is 9.59 Å². The molecule has 1 aromatic carbocycles. The first-order chi connectivity index (χ1) is 10.0. The first-order valence-electron chi connectivity index (χ1n) is 7.29. The van der Waals surface area contributed by atoms with Gasteiger partial charge in [-0.25, -0.2) is 4.79 Å². The predicted molar refractivity (Wildman–Crippen MR) is 83.0 cm³/mol. The molecule has 1 aromatic heterocycles. The van der Waals surface area contributed by atoms with Gasteiger partial charge in [-0.05, 0) is 31.0 Å². The standard InChI is InChI=1S/C15H22N4O2/c1-3-4-5-11(16)14(20)17-9(2)10-6-7-12-13(8-10)19-15(21)18-12/h6-9,11H,3-5,16H2,1-2H3,(H,17,20)(H2,18,19,21)/t9?,11-/m0/s1. The van der Waals surface area contributed by atoms with Gasteiger partial charge in [0, 0.05) is 0 Å². The van der Waals surface area contributed by atoms with Crippen LogP contribution in [0.5, 0.6) is 0 Å². The molecule has 1 heterocycles. The molecule has 1 unspecified atom stereocenters. The van der Waals surface area contributed by atoms with E-state index in [1.54, 1.807) is 0 Å². The topological polar surface area (TPSA) is 104 Å². The van der Waals surface area contributed by atoms with E-state index in [-0.39, 0.29) is 17.6 Å². The molecule has 1 amide bonds. The second-order valence-corrected chi connectivity index (χ2v) is 5.36. The van der Waals surface area contributed by atoms with Crippen molar-refractivity contribution in [3.63, 3.8) is 0 Å². The van der Waals surface area contributed by atoms with E-state index in [1.165, 1.54) is 0 Å². The van der Waals surface area contributed by atoms with Crippen molar-refractivity contribution in [2.45, 2.75) is 45.2 Å². The van der Waals surface area contributed by atoms with Crippen LogP contribution >= 0.6 is 0 Å². The number of hydrogen-bond donors (Lipinski definition) is 4. The fourth-order valence-corrected chi connectivity index (χ4v) is 2.28. The van der Waals surface area contributed by atoms with Gasteiger partial charge in [0.15, 0.2) is 0 Å². The molecule has 5 N–H and O–H groups in total. The number of nitrogens with two attached hydrogens (primary N) is 1. The number of carbonyl (C=O) groups is 1. The number of hydrogen-bond acceptors (Lipinski definition) is 3. The van der Waals surface area contributed by atoms with Crippen molar-refractivity contribution in [2.24, 2.45) is 5.73 Å². The van der Waals surface area contributed by atoms with Gasteiger partial charge >= 0.3 is 5.69 Å². The van der Waals surface area contributed by atoms with Crippen molar-refractivity contribution < 1.29 is 4.79 Å². The fraction of sp³-hybridized carbons (Fsp3) is 0.467. The number of aromatic nitrogens is 2. The Hall–Kier alpha value is -2.08. The van der Waals surface area contributed by atoms with E-state index in [2.05, 4.69) is 22.2 Å². The van der Waals surface area contributed by atoms with Crippen molar-refractivity contribution in [3.05, 3.63) is 34.2 Å². The van der Waals surface area contributed by atoms with Gasteiger partial charge < -0.3 is 21.0 Å². The highest BCUT2D eigenvalue weighted by Gasteiger charge is 2.16. The maximum absolute atomic E-state index is 12.0. The number of H-pyrrole nitrogens is 2. The van der Waals surface area contributed by atoms with Gasteiger partial charge in [-0.3, -0.25) is 4.79 Å². The fourth-order valence-electron chi connectivity index (χ4n) is 2.28. The molecule has 0 saturated heterocycles. The minimum absolute atomic E-state index is 0.140. The van der Waals surface area contributed by atoms with Crippen molar-refractivity contribution in [3.8, 4) is 0 Å². The highest BCUT2D eigenvalue weighted by molar-refractivity contribution is 5.82. The summed E-state index contributed by atoms with van der Waals surface area (Å²) in [5, 5.41) is 2.91. The van der Waals surface area contributed by atoms with Crippen LogP contribution in [0.15, 0.2) is 23.0 Å². The molecule has 0 saturated carbocycles. The molecule has 21 heavy (non-hydrogen) atoms. The third-order valence-electron chi connectivity index (χ3n) is 3.60. The summed E-state index contributed by atoms with van der Waals surface area (Å²) in [5.41, 5.74) is 8.03. The molecule has 6 heteroatoms. The molecule has 114 valence electrons.